The molecule has 0 saturated carbocycles. The third-order valence-corrected chi connectivity index (χ3v) is 5.16. The number of aliphatic hydroxyl groups is 1. The van der Waals surface area contributed by atoms with Gasteiger partial charge in [0.05, 0.1) is 12.6 Å². The van der Waals surface area contributed by atoms with Crippen LogP contribution in [0.4, 0.5) is 0 Å². The van der Waals surface area contributed by atoms with Crippen LogP contribution >= 0.6 is 0 Å². The molecule has 1 aliphatic heterocycles. The number of rotatable bonds is 6. The van der Waals surface area contributed by atoms with Crippen molar-refractivity contribution in [3.05, 3.63) is 26.7 Å². The molecule has 2 aromatic rings. The zero-order valence-electron chi connectivity index (χ0n) is 16.4. The summed E-state index contributed by atoms with van der Waals surface area (Å²) < 4.78 is 9.29. The second-order valence-corrected chi connectivity index (χ2v) is 7.21. The molecule has 10 heteroatoms. The fraction of sp³-hybridized carbons (Fsp3) is 0.706. The Morgan fingerprint density at radius 1 is 1.07 bits per heavy atom. The highest BCUT2D eigenvalue weighted by molar-refractivity contribution is 5.71. The molecule has 1 fully saturated rings. The maximum absolute atomic E-state index is 12.7. The van der Waals surface area contributed by atoms with Gasteiger partial charge in [0.25, 0.3) is 5.56 Å². The zero-order chi connectivity index (χ0) is 19.7. The Labute approximate surface area is 157 Å². The van der Waals surface area contributed by atoms with Crippen LogP contribution in [0.5, 0.6) is 0 Å². The topological polar surface area (TPSA) is 97.8 Å². The molecule has 1 aliphatic rings. The molecule has 10 nitrogen and oxygen atoms in total. The van der Waals surface area contributed by atoms with Gasteiger partial charge in [-0.1, -0.05) is 0 Å². The van der Waals surface area contributed by atoms with Gasteiger partial charge >= 0.3 is 5.69 Å². The molecule has 0 amide bonds. The summed E-state index contributed by atoms with van der Waals surface area (Å²) in [7, 11) is 6.65. The Kier molecular flexibility index (Phi) is 5.80. The fourth-order valence-corrected chi connectivity index (χ4v) is 3.52. The third kappa shape index (κ3) is 3.84. The molecule has 1 N–H and O–H groups in total. The Hall–Kier alpha value is -2.01. The van der Waals surface area contributed by atoms with Crippen molar-refractivity contribution in [3.63, 3.8) is 0 Å². The van der Waals surface area contributed by atoms with Crippen LogP contribution in [0.15, 0.2) is 9.59 Å². The van der Waals surface area contributed by atoms with Gasteiger partial charge in [0.2, 0.25) is 0 Å². The number of hydrogen-bond acceptors (Lipinski definition) is 7. The van der Waals surface area contributed by atoms with E-state index in [1.807, 2.05) is 0 Å². The fourth-order valence-electron chi connectivity index (χ4n) is 3.52. The van der Waals surface area contributed by atoms with Gasteiger partial charge in [-0.3, -0.25) is 18.8 Å². The predicted octanol–water partition coefficient (Wildman–Crippen LogP) is -1.81. The van der Waals surface area contributed by atoms with Crippen molar-refractivity contribution in [2.45, 2.75) is 19.3 Å². The number of β-amino-alcohol motifs (C(OH)–C–C–N with tert-alkyl or cyclic N) is 1. The van der Waals surface area contributed by atoms with E-state index in [1.165, 1.54) is 11.6 Å². The molecule has 0 radical (unpaired) electrons. The molecular formula is C17H28N6O4. The van der Waals surface area contributed by atoms with Gasteiger partial charge in [-0.25, -0.2) is 9.78 Å². The molecule has 27 heavy (non-hydrogen) atoms. The van der Waals surface area contributed by atoms with Crippen LogP contribution < -0.4 is 11.2 Å². The van der Waals surface area contributed by atoms with E-state index in [9.17, 15) is 14.7 Å². The first-order valence-electron chi connectivity index (χ1n) is 9.06. The second-order valence-electron chi connectivity index (χ2n) is 7.21. The van der Waals surface area contributed by atoms with Gasteiger partial charge < -0.3 is 19.3 Å². The number of aliphatic hydroxyl groups excluding tert-OH is 1. The number of nitrogens with zero attached hydrogens (tertiary/aromatic N) is 6. The highest BCUT2D eigenvalue weighted by atomic mass is 16.5. The van der Waals surface area contributed by atoms with Crippen LogP contribution in [-0.4, -0.2) is 86.6 Å². The number of fused-ring (bicyclic) bond motifs is 1. The quantitative estimate of drug-likeness (QED) is 0.631. The first-order valence-corrected chi connectivity index (χ1v) is 9.06. The molecule has 150 valence electrons. The number of piperazine rings is 1. The minimum atomic E-state index is -0.664. The van der Waals surface area contributed by atoms with E-state index in [0.29, 0.717) is 23.5 Å². The SMILES string of the molecule is COCc1nc2c(c(=O)n(C)c(=O)n2C)n1C[C@@H](O)CN1CCN(C)CC1. The van der Waals surface area contributed by atoms with Crippen LogP contribution in [0.2, 0.25) is 0 Å². The van der Waals surface area contributed by atoms with Crippen molar-refractivity contribution < 1.29 is 9.84 Å². The lowest BCUT2D eigenvalue weighted by Crippen LogP contribution is -2.47. The minimum absolute atomic E-state index is 0.188. The van der Waals surface area contributed by atoms with Crippen LogP contribution in [0.3, 0.4) is 0 Å². The van der Waals surface area contributed by atoms with E-state index in [4.69, 9.17) is 4.74 Å². The summed E-state index contributed by atoms with van der Waals surface area (Å²) in [4.78, 5) is 33.8. The van der Waals surface area contributed by atoms with Crippen molar-refractivity contribution in [2.75, 3.05) is 46.9 Å². The van der Waals surface area contributed by atoms with E-state index in [0.717, 1.165) is 30.7 Å². The number of aryl methyl sites for hydroxylation is 1. The van der Waals surface area contributed by atoms with E-state index < -0.39 is 17.4 Å². The van der Waals surface area contributed by atoms with Crippen molar-refractivity contribution in [2.24, 2.45) is 14.1 Å². The molecular weight excluding hydrogens is 352 g/mol. The molecule has 0 unspecified atom stereocenters. The van der Waals surface area contributed by atoms with Gasteiger partial charge in [0, 0.05) is 53.9 Å². The largest absolute Gasteiger partial charge is 0.390 e. The summed E-state index contributed by atoms with van der Waals surface area (Å²) >= 11 is 0. The molecule has 3 rings (SSSR count). The highest BCUT2D eigenvalue weighted by Gasteiger charge is 2.22. The van der Waals surface area contributed by atoms with E-state index in [2.05, 4.69) is 21.8 Å². The smallest absolute Gasteiger partial charge is 0.332 e. The van der Waals surface area contributed by atoms with Crippen LogP contribution in [0.1, 0.15) is 5.82 Å². The highest BCUT2D eigenvalue weighted by Crippen LogP contribution is 2.13. The van der Waals surface area contributed by atoms with Gasteiger partial charge in [-0.15, -0.1) is 0 Å². The summed E-state index contributed by atoms with van der Waals surface area (Å²) in [6.07, 6.45) is -0.664. The lowest BCUT2D eigenvalue weighted by molar-refractivity contribution is 0.0698. The standard InChI is InChI=1S/C17H28N6O4/c1-19-5-7-22(8-6-19)9-12(24)10-23-13(11-27-4)18-15-14(23)16(25)21(3)17(26)20(15)2/h12,24H,5-11H2,1-4H3/t12-/m0/s1. The normalized spacial score (nSPS) is 17.7. The van der Waals surface area contributed by atoms with Gasteiger partial charge in [0.1, 0.15) is 12.4 Å². The summed E-state index contributed by atoms with van der Waals surface area (Å²) in [5.74, 6) is 0.517. The summed E-state index contributed by atoms with van der Waals surface area (Å²) in [6.45, 7) is 4.67. The first kappa shape index (κ1) is 19.7. The first-order chi connectivity index (χ1) is 12.8. The van der Waals surface area contributed by atoms with Gasteiger partial charge in [-0.2, -0.15) is 0 Å². The van der Waals surface area contributed by atoms with Gasteiger partial charge in [-0.05, 0) is 7.05 Å². The maximum Gasteiger partial charge on any atom is 0.332 e. The Bertz CT molecular complexity index is 922. The lowest BCUT2D eigenvalue weighted by Gasteiger charge is -2.33. The number of hydrogen-bond donors (Lipinski definition) is 1. The monoisotopic (exact) mass is 380 g/mol. The number of imidazole rings is 1. The number of ether oxygens (including phenoxy) is 1. The molecule has 1 atom stereocenters. The second kappa shape index (κ2) is 7.93. The minimum Gasteiger partial charge on any atom is -0.390 e. The molecule has 1 saturated heterocycles. The molecule has 0 aromatic carbocycles. The molecule has 3 heterocycles. The van der Waals surface area contributed by atoms with Crippen molar-refractivity contribution in [1.82, 2.24) is 28.5 Å². The number of likely N-dealkylation sites (N-methyl/N-ethyl adjacent to an activating group) is 1. The lowest BCUT2D eigenvalue weighted by atomic mass is 10.2. The molecule has 0 aliphatic carbocycles. The van der Waals surface area contributed by atoms with Gasteiger partial charge in [0.15, 0.2) is 11.2 Å². The molecule has 0 spiro atoms. The Morgan fingerprint density at radius 3 is 2.37 bits per heavy atom. The molecule has 0 bridgehead atoms. The van der Waals surface area contributed by atoms with Crippen LogP contribution in [0, 0.1) is 0 Å². The van der Waals surface area contributed by atoms with E-state index >= 15 is 0 Å². The number of methoxy groups -OCH3 is 1. The van der Waals surface area contributed by atoms with E-state index in [1.54, 1.807) is 18.7 Å². The average molecular weight is 380 g/mol. The van der Waals surface area contributed by atoms with Crippen molar-refractivity contribution >= 4 is 11.2 Å². The Morgan fingerprint density at radius 2 is 1.74 bits per heavy atom. The van der Waals surface area contributed by atoms with E-state index in [-0.39, 0.29) is 13.2 Å². The van der Waals surface area contributed by atoms with Crippen molar-refractivity contribution in [1.29, 1.82) is 0 Å². The predicted molar refractivity (Wildman–Crippen MR) is 101 cm³/mol. The van der Waals surface area contributed by atoms with Crippen LogP contribution in [0.25, 0.3) is 11.2 Å². The van der Waals surface area contributed by atoms with Crippen molar-refractivity contribution in [3.8, 4) is 0 Å². The summed E-state index contributed by atoms with van der Waals surface area (Å²) in [5, 5.41) is 10.7. The summed E-state index contributed by atoms with van der Waals surface area (Å²) in [5.41, 5.74) is -0.236. The Balaban J connectivity index is 1.93. The third-order valence-electron chi connectivity index (χ3n) is 5.16. The molecule has 2 aromatic heterocycles. The number of aromatic nitrogens is 4. The van der Waals surface area contributed by atoms with Crippen LogP contribution in [-0.2, 0) is 32.0 Å². The average Bonchev–Trinajstić information content (AvgIpc) is 2.99. The zero-order valence-corrected chi connectivity index (χ0v) is 16.4. The summed E-state index contributed by atoms with van der Waals surface area (Å²) in [6, 6.07) is 0. The maximum atomic E-state index is 12.7.